The zero-order valence-electron chi connectivity index (χ0n) is 9.69. The van der Waals surface area contributed by atoms with Gasteiger partial charge in [0.05, 0.1) is 6.61 Å². The molecule has 0 aliphatic carbocycles. The van der Waals surface area contributed by atoms with Crippen LogP contribution in [0, 0.1) is 5.92 Å². The number of hydrogen-bond donors (Lipinski definition) is 3. The van der Waals surface area contributed by atoms with E-state index in [1.807, 2.05) is 13.8 Å². The van der Waals surface area contributed by atoms with Crippen molar-refractivity contribution in [3.63, 3.8) is 0 Å². The predicted octanol–water partition coefficient (Wildman–Crippen LogP) is -0.517. The molecule has 0 aromatic rings. The van der Waals surface area contributed by atoms with Crippen molar-refractivity contribution in [2.45, 2.75) is 32.4 Å². The van der Waals surface area contributed by atoms with Crippen LogP contribution in [0.5, 0.6) is 0 Å². The molecular weight excluding hydrogens is 196 g/mol. The molecule has 5 heteroatoms. The summed E-state index contributed by atoms with van der Waals surface area (Å²) in [4.78, 5) is 11.5. The van der Waals surface area contributed by atoms with Gasteiger partial charge in [-0.2, -0.15) is 0 Å². The first kappa shape index (κ1) is 14.3. The van der Waals surface area contributed by atoms with Crippen molar-refractivity contribution in [1.29, 1.82) is 0 Å². The lowest BCUT2D eigenvalue weighted by Gasteiger charge is -2.23. The number of nitrogens with one attached hydrogen (secondary N) is 1. The summed E-state index contributed by atoms with van der Waals surface area (Å²) in [7, 11) is 1.50. The average Bonchev–Trinajstić information content (AvgIpc) is 2.17. The van der Waals surface area contributed by atoms with E-state index in [4.69, 9.17) is 15.6 Å². The van der Waals surface area contributed by atoms with Gasteiger partial charge in [0.15, 0.2) is 0 Å². The summed E-state index contributed by atoms with van der Waals surface area (Å²) in [5.74, 6) is 0.0415. The van der Waals surface area contributed by atoms with Gasteiger partial charge in [-0.3, -0.25) is 4.79 Å². The number of aliphatic hydroxyl groups is 1. The summed E-state index contributed by atoms with van der Waals surface area (Å²) < 4.78 is 4.79. The summed E-state index contributed by atoms with van der Waals surface area (Å²) in [5.41, 5.74) is 5.57. The predicted molar refractivity (Wildman–Crippen MR) is 58.3 cm³/mol. The molecule has 0 spiro atoms. The molecule has 1 amide bonds. The van der Waals surface area contributed by atoms with Crippen LogP contribution in [-0.2, 0) is 9.53 Å². The first-order valence-corrected chi connectivity index (χ1v) is 5.18. The molecule has 90 valence electrons. The maximum atomic E-state index is 11.5. The molecule has 0 fully saturated rings. The third-order valence-electron chi connectivity index (χ3n) is 2.26. The quantitative estimate of drug-likeness (QED) is 0.537. The van der Waals surface area contributed by atoms with Crippen LogP contribution < -0.4 is 11.1 Å². The Hall–Kier alpha value is -0.650. The van der Waals surface area contributed by atoms with Gasteiger partial charge in [-0.1, -0.05) is 13.8 Å². The van der Waals surface area contributed by atoms with Gasteiger partial charge in [-0.25, -0.2) is 0 Å². The van der Waals surface area contributed by atoms with E-state index < -0.39 is 6.04 Å². The summed E-state index contributed by atoms with van der Waals surface area (Å²) in [6.07, 6.45) is 0.545. The molecule has 0 aliphatic rings. The van der Waals surface area contributed by atoms with Crippen LogP contribution in [0.25, 0.3) is 0 Å². The lowest BCUT2D eigenvalue weighted by atomic mass is 10.0. The Morgan fingerprint density at radius 2 is 2.13 bits per heavy atom. The number of rotatable bonds is 7. The van der Waals surface area contributed by atoms with Crippen molar-refractivity contribution >= 4 is 5.91 Å². The average molecular weight is 218 g/mol. The molecule has 0 heterocycles. The Labute approximate surface area is 91.0 Å². The fourth-order valence-corrected chi connectivity index (χ4v) is 1.26. The maximum absolute atomic E-state index is 11.5. The second-order valence-corrected chi connectivity index (χ2v) is 3.93. The molecule has 0 aromatic carbocycles. The summed E-state index contributed by atoms with van der Waals surface area (Å²) in [6.45, 7) is 4.24. The Balaban J connectivity index is 4.09. The zero-order valence-corrected chi connectivity index (χ0v) is 9.69. The van der Waals surface area contributed by atoms with E-state index >= 15 is 0 Å². The molecule has 2 unspecified atom stereocenters. The fourth-order valence-electron chi connectivity index (χ4n) is 1.26. The minimum Gasteiger partial charge on any atom is -0.396 e. The Bertz CT molecular complexity index is 186. The number of nitrogens with two attached hydrogens (primary N) is 1. The first-order chi connectivity index (χ1) is 7.02. The summed E-state index contributed by atoms with van der Waals surface area (Å²) in [5, 5.41) is 11.6. The van der Waals surface area contributed by atoms with E-state index in [0.29, 0.717) is 6.42 Å². The van der Waals surface area contributed by atoms with Crippen molar-refractivity contribution in [1.82, 2.24) is 5.32 Å². The SMILES string of the molecule is COCC(N)C(=O)NC(CCO)C(C)C. The van der Waals surface area contributed by atoms with E-state index in [0.717, 1.165) is 0 Å². The van der Waals surface area contributed by atoms with Crippen LogP contribution in [0.15, 0.2) is 0 Å². The van der Waals surface area contributed by atoms with E-state index in [1.165, 1.54) is 7.11 Å². The van der Waals surface area contributed by atoms with Crippen LogP contribution in [0.1, 0.15) is 20.3 Å². The highest BCUT2D eigenvalue weighted by molar-refractivity contribution is 5.81. The first-order valence-electron chi connectivity index (χ1n) is 5.18. The van der Waals surface area contributed by atoms with Crippen LogP contribution in [-0.4, -0.2) is 43.4 Å². The number of carbonyl (C=O) groups excluding carboxylic acids is 1. The molecule has 0 bridgehead atoms. The number of methoxy groups -OCH3 is 1. The molecule has 0 radical (unpaired) electrons. The van der Waals surface area contributed by atoms with Crippen molar-refractivity contribution in [2.24, 2.45) is 11.7 Å². The number of ether oxygens (including phenoxy) is 1. The minimum absolute atomic E-state index is 0.0367. The maximum Gasteiger partial charge on any atom is 0.239 e. The fraction of sp³-hybridized carbons (Fsp3) is 0.900. The lowest BCUT2D eigenvalue weighted by Crippen LogP contribution is -2.49. The molecule has 0 aliphatic heterocycles. The number of amides is 1. The molecule has 2 atom stereocenters. The number of carbonyl (C=O) groups is 1. The van der Waals surface area contributed by atoms with Crippen LogP contribution in [0.4, 0.5) is 0 Å². The summed E-state index contributed by atoms with van der Waals surface area (Å²) in [6, 6.07) is -0.680. The van der Waals surface area contributed by atoms with Gasteiger partial charge < -0.3 is 20.9 Å². The van der Waals surface area contributed by atoms with E-state index in [1.54, 1.807) is 0 Å². The van der Waals surface area contributed by atoms with Crippen LogP contribution in [0.3, 0.4) is 0 Å². The molecule has 0 aromatic heterocycles. The van der Waals surface area contributed by atoms with Gasteiger partial charge in [0.2, 0.25) is 5.91 Å². The highest BCUT2D eigenvalue weighted by Crippen LogP contribution is 2.05. The van der Waals surface area contributed by atoms with Gasteiger partial charge >= 0.3 is 0 Å². The van der Waals surface area contributed by atoms with Gasteiger partial charge in [0, 0.05) is 19.8 Å². The van der Waals surface area contributed by atoms with Crippen LogP contribution >= 0.6 is 0 Å². The van der Waals surface area contributed by atoms with Gasteiger partial charge in [0.25, 0.3) is 0 Å². The molecule has 0 saturated heterocycles. The third kappa shape index (κ3) is 5.71. The van der Waals surface area contributed by atoms with Crippen molar-refractivity contribution in [2.75, 3.05) is 20.3 Å². The number of aliphatic hydroxyl groups excluding tert-OH is 1. The molecule has 15 heavy (non-hydrogen) atoms. The normalized spacial score (nSPS) is 15.1. The Morgan fingerprint density at radius 1 is 1.53 bits per heavy atom. The summed E-state index contributed by atoms with van der Waals surface area (Å²) >= 11 is 0. The monoisotopic (exact) mass is 218 g/mol. The highest BCUT2D eigenvalue weighted by Gasteiger charge is 2.19. The van der Waals surface area contributed by atoms with Crippen molar-refractivity contribution in [3.05, 3.63) is 0 Å². The van der Waals surface area contributed by atoms with E-state index in [2.05, 4.69) is 5.32 Å². The largest absolute Gasteiger partial charge is 0.396 e. The molecule has 0 rings (SSSR count). The Kier molecular flexibility index (Phi) is 7.29. The topological polar surface area (TPSA) is 84.6 Å². The molecule has 0 saturated carbocycles. The molecular formula is C10H22N2O3. The van der Waals surface area contributed by atoms with E-state index in [9.17, 15) is 4.79 Å². The minimum atomic E-state index is -0.644. The highest BCUT2D eigenvalue weighted by atomic mass is 16.5. The smallest absolute Gasteiger partial charge is 0.239 e. The van der Waals surface area contributed by atoms with Gasteiger partial charge in [0.1, 0.15) is 6.04 Å². The lowest BCUT2D eigenvalue weighted by molar-refractivity contribution is -0.124. The third-order valence-corrected chi connectivity index (χ3v) is 2.26. The van der Waals surface area contributed by atoms with Crippen molar-refractivity contribution in [3.8, 4) is 0 Å². The molecule has 5 nitrogen and oxygen atoms in total. The number of hydrogen-bond acceptors (Lipinski definition) is 4. The molecule has 4 N–H and O–H groups in total. The standard InChI is InChI=1S/C10H22N2O3/c1-7(2)9(4-5-13)12-10(14)8(11)6-15-3/h7-9,13H,4-6,11H2,1-3H3,(H,12,14). The van der Waals surface area contributed by atoms with Crippen molar-refractivity contribution < 1.29 is 14.6 Å². The van der Waals surface area contributed by atoms with Gasteiger partial charge in [-0.05, 0) is 12.3 Å². The van der Waals surface area contributed by atoms with Crippen LogP contribution in [0.2, 0.25) is 0 Å². The van der Waals surface area contributed by atoms with E-state index in [-0.39, 0.29) is 31.1 Å². The Morgan fingerprint density at radius 3 is 2.53 bits per heavy atom. The van der Waals surface area contributed by atoms with Gasteiger partial charge in [-0.15, -0.1) is 0 Å². The zero-order chi connectivity index (χ0) is 11.8. The second kappa shape index (κ2) is 7.62. The second-order valence-electron chi connectivity index (χ2n) is 3.93.